The standard InChI is InChI=1S/C14H18BrNO4S/c15-11-6-10(7-12-14(11)20-4-1-3-19-12)13(16)9-2-5-21(17,18)8-9/h6-7,9,13H,1-5,8,16H2. The fourth-order valence-electron chi connectivity index (χ4n) is 2.82. The first kappa shape index (κ1) is 15.1. The van der Waals surface area contributed by atoms with Gasteiger partial charge in [-0.3, -0.25) is 0 Å². The van der Waals surface area contributed by atoms with Gasteiger partial charge in [0.25, 0.3) is 0 Å². The fourth-order valence-corrected chi connectivity index (χ4v) is 5.25. The number of sulfone groups is 1. The van der Waals surface area contributed by atoms with E-state index in [1.54, 1.807) is 0 Å². The molecule has 2 heterocycles. The molecule has 0 bridgehead atoms. The van der Waals surface area contributed by atoms with E-state index in [9.17, 15) is 8.42 Å². The van der Waals surface area contributed by atoms with Gasteiger partial charge in [-0.25, -0.2) is 8.42 Å². The van der Waals surface area contributed by atoms with Crippen molar-refractivity contribution in [2.45, 2.75) is 18.9 Å². The first-order chi connectivity index (χ1) is 9.96. The summed E-state index contributed by atoms with van der Waals surface area (Å²) in [6, 6.07) is 3.47. The van der Waals surface area contributed by atoms with Crippen molar-refractivity contribution < 1.29 is 17.9 Å². The molecule has 0 saturated carbocycles. The molecule has 2 aliphatic rings. The molecule has 0 amide bonds. The second-order valence-corrected chi connectivity index (χ2v) is 8.65. The molecular formula is C14H18BrNO4S. The van der Waals surface area contributed by atoms with Crippen LogP contribution < -0.4 is 15.2 Å². The van der Waals surface area contributed by atoms with Gasteiger partial charge in [0, 0.05) is 12.5 Å². The average Bonchev–Trinajstić information content (AvgIpc) is 2.65. The third-order valence-electron chi connectivity index (χ3n) is 3.98. The van der Waals surface area contributed by atoms with Crippen molar-refractivity contribution in [3.8, 4) is 11.5 Å². The topological polar surface area (TPSA) is 78.6 Å². The largest absolute Gasteiger partial charge is 0.490 e. The zero-order valence-electron chi connectivity index (χ0n) is 11.5. The Balaban J connectivity index is 1.89. The number of halogens is 1. The molecule has 5 nitrogen and oxygen atoms in total. The molecule has 0 radical (unpaired) electrons. The number of benzene rings is 1. The molecule has 1 aromatic carbocycles. The van der Waals surface area contributed by atoms with Crippen LogP contribution >= 0.6 is 15.9 Å². The van der Waals surface area contributed by atoms with Crippen LogP contribution in [0.5, 0.6) is 11.5 Å². The van der Waals surface area contributed by atoms with Gasteiger partial charge in [-0.15, -0.1) is 0 Å². The number of fused-ring (bicyclic) bond motifs is 1. The van der Waals surface area contributed by atoms with Crippen molar-refractivity contribution in [2.75, 3.05) is 24.7 Å². The quantitative estimate of drug-likeness (QED) is 0.855. The normalized spacial score (nSPS) is 25.3. The molecule has 1 saturated heterocycles. The molecule has 0 spiro atoms. The Hall–Kier alpha value is -0.790. The number of hydrogen-bond acceptors (Lipinski definition) is 5. The van der Waals surface area contributed by atoms with E-state index in [4.69, 9.17) is 15.2 Å². The van der Waals surface area contributed by atoms with Crippen molar-refractivity contribution in [3.63, 3.8) is 0 Å². The lowest BCUT2D eigenvalue weighted by atomic mass is 9.93. The van der Waals surface area contributed by atoms with Crippen LogP contribution in [0.15, 0.2) is 16.6 Å². The number of hydrogen-bond donors (Lipinski definition) is 1. The highest BCUT2D eigenvalue weighted by atomic mass is 79.9. The van der Waals surface area contributed by atoms with Gasteiger partial charge in [0.1, 0.15) is 0 Å². The zero-order chi connectivity index (χ0) is 15.0. The zero-order valence-corrected chi connectivity index (χ0v) is 14.0. The molecule has 2 atom stereocenters. The van der Waals surface area contributed by atoms with Crippen molar-refractivity contribution in [3.05, 3.63) is 22.2 Å². The first-order valence-electron chi connectivity index (χ1n) is 7.01. The van der Waals surface area contributed by atoms with Gasteiger partial charge >= 0.3 is 0 Å². The minimum absolute atomic E-state index is 0.0355. The Morgan fingerprint density at radius 3 is 2.76 bits per heavy atom. The minimum Gasteiger partial charge on any atom is -0.490 e. The summed E-state index contributed by atoms with van der Waals surface area (Å²) in [6.07, 6.45) is 1.46. The molecule has 116 valence electrons. The van der Waals surface area contributed by atoms with Crippen LogP contribution in [-0.4, -0.2) is 33.1 Å². The van der Waals surface area contributed by atoms with E-state index in [1.807, 2.05) is 12.1 Å². The predicted octanol–water partition coefficient (Wildman–Crippen LogP) is 2.04. The van der Waals surface area contributed by atoms with Gasteiger partial charge in [0.15, 0.2) is 21.3 Å². The number of ether oxygens (including phenoxy) is 2. The average molecular weight is 376 g/mol. The summed E-state index contributed by atoms with van der Waals surface area (Å²) in [5.74, 6) is 1.74. The maximum absolute atomic E-state index is 11.6. The summed E-state index contributed by atoms with van der Waals surface area (Å²) in [7, 11) is -2.93. The summed E-state index contributed by atoms with van der Waals surface area (Å²) in [6.45, 7) is 1.23. The maximum atomic E-state index is 11.6. The van der Waals surface area contributed by atoms with Crippen molar-refractivity contribution >= 4 is 25.8 Å². The van der Waals surface area contributed by atoms with Gasteiger partial charge in [-0.1, -0.05) is 0 Å². The van der Waals surface area contributed by atoms with Crippen molar-refractivity contribution in [1.82, 2.24) is 0 Å². The van der Waals surface area contributed by atoms with Crippen LogP contribution in [-0.2, 0) is 9.84 Å². The monoisotopic (exact) mass is 375 g/mol. The lowest BCUT2D eigenvalue weighted by Gasteiger charge is -2.20. The highest BCUT2D eigenvalue weighted by Gasteiger charge is 2.33. The summed E-state index contributed by atoms with van der Waals surface area (Å²) in [5.41, 5.74) is 7.16. The van der Waals surface area contributed by atoms with Gasteiger partial charge in [0.2, 0.25) is 0 Å². The second kappa shape index (κ2) is 5.78. The predicted molar refractivity (Wildman–Crippen MR) is 83.4 cm³/mol. The van der Waals surface area contributed by atoms with Crippen LogP contribution in [0.25, 0.3) is 0 Å². The van der Waals surface area contributed by atoms with Gasteiger partial charge in [0.05, 0.1) is 29.2 Å². The smallest absolute Gasteiger partial charge is 0.175 e. The SMILES string of the molecule is NC(c1cc(Br)c2c(c1)OCCCO2)C1CCS(=O)(=O)C1. The molecule has 0 aromatic heterocycles. The fraction of sp³-hybridized carbons (Fsp3) is 0.571. The summed E-state index contributed by atoms with van der Waals surface area (Å²) in [5, 5.41) is 0. The summed E-state index contributed by atoms with van der Waals surface area (Å²) in [4.78, 5) is 0. The van der Waals surface area contributed by atoms with Crippen LogP contribution in [0.3, 0.4) is 0 Å². The van der Waals surface area contributed by atoms with Crippen LogP contribution in [0.2, 0.25) is 0 Å². The Morgan fingerprint density at radius 2 is 2.05 bits per heavy atom. The van der Waals surface area contributed by atoms with E-state index in [0.717, 1.165) is 16.5 Å². The summed E-state index contributed by atoms with van der Waals surface area (Å²) < 4.78 is 35.4. The van der Waals surface area contributed by atoms with Gasteiger partial charge in [-0.2, -0.15) is 0 Å². The van der Waals surface area contributed by atoms with Crippen molar-refractivity contribution in [2.24, 2.45) is 11.7 Å². The molecule has 7 heteroatoms. The maximum Gasteiger partial charge on any atom is 0.175 e. The van der Waals surface area contributed by atoms with Crippen LogP contribution in [0.1, 0.15) is 24.4 Å². The molecule has 2 unspecified atom stereocenters. The Morgan fingerprint density at radius 1 is 1.29 bits per heavy atom. The second-order valence-electron chi connectivity index (χ2n) is 5.57. The molecular weight excluding hydrogens is 358 g/mol. The van der Waals surface area contributed by atoms with E-state index in [1.165, 1.54) is 0 Å². The highest BCUT2D eigenvalue weighted by molar-refractivity contribution is 9.10. The lowest BCUT2D eigenvalue weighted by molar-refractivity contribution is 0.296. The Labute approximate surface area is 132 Å². The highest BCUT2D eigenvalue weighted by Crippen LogP contribution is 2.41. The molecule has 2 N–H and O–H groups in total. The molecule has 0 aliphatic carbocycles. The van der Waals surface area contributed by atoms with E-state index in [2.05, 4.69) is 15.9 Å². The molecule has 2 aliphatic heterocycles. The van der Waals surface area contributed by atoms with Gasteiger partial charge in [-0.05, 0) is 46.0 Å². The van der Waals surface area contributed by atoms with E-state index < -0.39 is 9.84 Å². The molecule has 1 aromatic rings. The van der Waals surface area contributed by atoms with Crippen LogP contribution in [0.4, 0.5) is 0 Å². The molecule has 1 fully saturated rings. The summed E-state index contributed by atoms with van der Waals surface area (Å²) >= 11 is 3.49. The van der Waals surface area contributed by atoms with E-state index >= 15 is 0 Å². The third kappa shape index (κ3) is 3.19. The minimum atomic E-state index is -2.93. The lowest BCUT2D eigenvalue weighted by Crippen LogP contribution is -2.22. The van der Waals surface area contributed by atoms with Gasteiger partial charge < -0.3 is 15.2 Å². The Bertz CT molecular complexity index is 647. The molecule has 3 rings (SSSR count). The first-order valence-corrected chi connectivity index (χ1v) is 9.63. The number of rotatable bonds is 2. The van der Waals surface area contributed by atoms with Crippen LogP contribution in [0, 0.1) is 5.92 Å². The number of nitrogens with two attached hydrogens (primary N) is 1. The third-order valence-corrected chi connectivity index (χ3v) is 6.37. The molecule has 21 heavy (non-hydrogen) atoms. The van der Waals surface area contributed by atoms with E-state index in [-0.39, 0.29) is 23.5 Å². The van der Waals surface area contributed by atoms with E-state index in [0.29, 0.717) is 31.1 Å². The Kier molecular flexibility index (Phi) is 4.16. The van der Waals surface area contributed by atoms with Crippen molar-refractivity contribution in [1.29, 1.82) is 0 Å².